The van der Waals surface area contributed by atoms with Crippen LogP contribution in [-0.2, 0) is 9.53 Å². The fraction of sp³-hybridized carbons (Fsp3) is 0.900. The largest absolute Gasteiger partial charge is 0.466 e. The Hall–Kier alpha value is -0.530. The molecule has 0 saturated carbocycles. The van der Waals surface area contributed by atoms with Crippen molar-refractivity contribution in [3.8, 4) is 0 Å². The molecule has 2 heteroatoms. The quantitative estimate of drug-likeness (QED) is 0.414. The summed E-state index contributed by atoms with van der Waals surface area (Å²) in [6.07, 6.45) is 2.61. The second kappa shape index (κ2) is 3.46. The fourth-order valence-electron chi connectivity index (χ4n) is 1.69. The molecule has 0 aromatic rings. The van der Waals surface area contributed by atoms with Gasteiger partial charge in [-0.3, -0.25) is 4.79 Å². The van der Waals surface area contributed by atoms with Crippen molar-refractivity contribution in [2.45, 2.75) is 40.0 Å². The van der Waals surface area contributed by atoms with Crippen molar-refractivity contribution < 1.29 is 9.53 Å². The maximum Gasteiger partial charge on any atom is 0.305 e. The Balaban J connectivity index is 2.52. The molecule has 1 heterocycles. The molecule has 0 aromatic heterocycles. The maximum absolute atomic E-state index is 10.9. The fourth-order valence-corrected chi connectivity index (χ4v) is 1.69. The summed E-state index contributed by atoms with van der Waals surface area (Å²) in [6, 6.07) is 0. The van der Waals surface area contributed by atoms with Gasteiger partial charge in [0.15, 0.2) is 0 Å². The first-order chi connectivity index (χ1) is 5.50. The van der Waals surface area contributed by atoms with E-state index < -0.39 is 0 Å². The Morgan fingerprint density at radius 3 is 2.58 bits per heavy atom. The van der Waals surface area contributed by atoms with E-state index in [-0.39, 0.29) is 5.97 Å². The number of hydrogen-bond donors (Lipinski definition) is 0. The normalized spacial score (nSPS) is 26.2. The highest BCUT2D eigenvalue weighted by atomic mass is 18.3. The molecule has 0 N–H and O–H groups in total. The molecule has 70 valence electrons. The predicted molar refractivity (Wildman–Crippen MR) is 47.8 cm³/mol. The number of carbonyl (C=O) groups is 1. The van der Waals surface area contributed by atoms with E-state index in [1.54, 1.807) is 0 Å². The number of ether oxygens (including phenoxy) is 1. The summed E-state index contributed by atoms with van der Waals surface area (Å²) in [6.45, 7) is 7.30. The highest BCUT2D eigenvalue weighted by Gasteiger charge is 2.27. The van der Waals surface area contributed by atoms with Crippen LogP contribution in [0.4, 0.5) is 0 Å². The highest BCUT2D eigenvalue weighted by molar-refractivity contribution is 5.69. The van der Waals surface area contributed by atoms with Gasteiger partial charge < -0.3 is 4.74 Å². The molecule has 1 aliphatic rings. The van der Waals surface area contributed by atoms with Crippen LogP contribution in [-0.4, -0.2) is 12.6 Å². The van der Waals surface area contributed by atoms with Gasteiger partial charge >= 0.3 is 5.97 Å². The van der Waals surface area contributed by atoms with E-state index in [2.05, 4.69) is 20.8 Å². The van der Waals surface area contributed by atoms with E-state index in [0.717, 1.165) is 12.8 Å². The first-order valence-electron chi connectivity index (χ1n) is 4.66. The summed E-state index contributed by atoms with van der Waals surface area (Å²) < 4.78 is 4.99. The SMILES string of the molecule is CC(C)(C)C1CC[18O]C(=O)CC1. The Bertz CT molecular complexity index is 167. The molecule has 1 atom stereocenters. The van der Waals surface area contributed by atoms with Crippen LogP contribution in [0.1, 0.15) is 40.0 Å². The first-order valence-corrected chi connectivity index (χ1v) is 4.66. The predicted octanol–water partition coefficient (Wildman–Crippen LogP) is 2.38. The summed E-state index contributed by atoms with van der Waals surface area (Å²) in [5, 5.41) is 0. The molecule has 0 bridgehead atoms. The Kier molecular flexibility index (Phi) is 2.76. The van der Waals surface area contributed by atoms with Gasteiger partial charge in [-0.2, -0.15) is 0 Å². The van der Waals surface area contributed by atoms with Crippen LogP contribution in [0.2, 0.25) is 0 Å². The van der Waals surface area contributed by atoms with Gasteiger partial charge in [0.05, 0.1) is 6.61 Å². The Morgan fingerprint density at radius 2 is 2.00 bits per heavy atom. The minimum absolute atomic E-state index is 0.0262. The number of cyclic esters (lactones) is 1. The summed E-state index contributed by atoms with van der Waals surface area (Å²) in [7, 11) is 0. The molecule has 0 spiro atoms. The molecule has 0 aromatic carbocycles. The number of rotatable bonds is 0. The van der Waals surface area contributed by atoms with Crippen LogP contribution < -0.4 is 0 Å². The maximum atomic E-state index is 10.9. The second-order valence-corrected chi connectivity index (χ2v) is 4.61. The zero-order valence-electron chi connectivity index (χ0n) is 8.22. The van der Waals surface area contributed by atoms with Gasteiger partial charge in [-0.1, -0.05) is 20.8 Å². The second-order valence-electron chi connectivity index (χ2n) is 4.61. The van der Waals surface area contributed by atoms with Gasteiger partial charge in [-0.25, -0.2) is 0 Å². The average Bonchev–Trinajstić information content (AvgIpc) is 2.11. The van der Waals surface area contributed by atoms with Crippen molar-refractivity contribution in [2.24, 2.45) is 11.3 Å². The number of hydrogen-bond acceptors (Lipinski definition) is 2. The monoisotopic (exact) mass is 172 g/mol. The minimum Gasteiger partial charge on any atom is -0.466 e. The van der Waals surface area contributed by atoms with Gasteiger partial charge in [0.25, 0.3) is 0 Å². The van der Waals surface area contributed by atoms with Crippen molar-refractivity contribution in [2.75, 3.05) is 6.61 Å². The lowest BCUT2D eigenvalue weighted by atomic mass is 9.77. The third-order valence-corrected chi connectivity index (χ3v) is 2.65. The van der Waals surface area contributed by atoms with Gasteiger partial charge in [-0.15, -0.1) is 0 Å². The molecule has 1 rings (SSSR count). The Labute approximate surface area is 74.3 Å². The van der Waals surface area contributed by atoms with Crippen LogP contribution in [0.3, 0.4) is 0 Å². The zero-order chi connectivity index (χ0) is 9.19. The van der Waals surface area contributed by atoms with Crippen LogP contribution in [0, 0.1) is 11.3 Å². The van der Waals surface area contributed by atoms with Crippen molar-refractivity contribution in [1.29, 1.82) is 0 Å². The van der Waals surface area contributed by atoms with E-state index >= 15 is 0 Å². The van der Waals surface area contributed by atoms with Gasteiger partial charge in [0.1, 0.15) is 0 Å². The summed E-state index contributed by atoms with van der Waals surface area (Å²) >= 11 is 0. The lowest BCUT2D eigenvalue weighted by molar-refractivity contribution is -0.142. The lowest BCUT2D eigenvalue weighted by Crippen LogP contribution is -2.20. The molecule has 1 fully saturated rings. The van der Waals surface area contributed by atoms with Gasteiger partial charge in [0, 0.05) is 6.42 Å². The molecule has 1 saturated heterocycles. The van der Waals surface area contributed by atoms with E-state index in [1.807, 2.05) is 0 Å². The van der Waals surface area contributed by atoms with Gasteiger partial charge in [0.2, 0.25) is 0 Å². The van der Waals surface area contributed by atoms with Crippen LogP contribution >= 0.6 is 0 Å². The summed E-state index contributed by atoms with van der Waals surface area (Å²) in [5.74, 6) is 0.603. The van der Waals surface area contributed by atoms with E-state index in [4.69, 9.17) is 4.74 Å². The van der Waals surface area contributed by atoms with E-state index in [1.165, 1.54) is 0 Å². The number of carbonyl (C=O) groups excluding carboxylic acids is 1. The topological polar surface area (TPSA) is 26.3 Å². The molecule has 1 aliphatic heterocycles. The molecule has 12 heavy (non-hydrogen) atoms. The van der Waals surface area contributed by atoms with Crippen molar-refractivity contribution in [1.82, 2.24) is 0 Å². The van der Waals surface area contributed by atoms with Crippen LogP contribution in [0.5, 0.6) is 0 Å². The highest BCUT2D eigenvalue weighted by Crippen LogP contribution is 2.33. The first kappa shape index (κ1) is 9.56. The number of esters is 1. The third-order valence-electron chi connectivity index (χ3n) is 2.65. The molecule has 2 nitrogen and oxygen atoms in total. The van der Waals surface area contributed by atoms with Crippen molar-refractivity contribution >= 4 is 5.97 Å². The molecule has 1 unspecified atom stereocenters. The van der Waals surface area contributed by atoms with Gasteiger partial charge in [-0.05, 0) is 24.2 Å². The summed E-state index contributed by atoms with van der Waals surface area (Å²) in [5.41, 5.74) is 0.313. The van der Waals surface area contributed by atoms with E-state index in [0.29, 0.717) is 24.4 Å². The average molecular weight is 172 g/mol. The lowest BCUT2D eigenvalue weighted by Gasteiger charge is -2.28. The smallest absolute Gasteiger partial charge is 0.305 e. The van der Waals surface area contributed by atoms with Crippen molar-refractivity contribution in [3.05, 3.63) is 0 Å². The molecule has 0 radical (unpaired) electrons. The standard InChI is InChI=1S/C10H18O2/c1-10(2,3)8-4-5-9(11)12-7-6-8/h8H,4-7H2,1-3H3/i12+2. The van der Waals surface area contributed by atoms with Crippen molar-refractivity contribution in [3.63, 3.8) is 0 Å². The Morgan fingerprint density at radius 1 is 1.33 bits per heavy atom. The molecular weight excluding hydrogens is 154 g/mol. The zero-order valence-corrected chi connectivity index (χ0v) is 8.22. The molecule has 0 aliphatic carbocycles. The molecular formula is C10H18O2. The van der Waals surface area contributed by atoms with E-state index in [9.17, 15) is 4.79 Å². The minimum atomic E-state index is -0.0262. The molecule has 0 amide bonds. The van der Waals surface area contributed by atoms with Crippen LogP contribution in [0.15, 0.2) is 0 Å². The summed E-state index contributed by atoms with van der Waals surface area (Å²) in [4.78, 5) is 10.9. The third kappa shape index (κ3) is 2.50. The van der Waals surface area contributed by atoms with Crippen LogP contribution in [0.25, 0.3) is 0 Å².